The number of hydrogen-bond donors (Lipinski definition) is 1. The standard InChI is InChI=1S/C19H19BrN2O3/c1-19(2)7-13(23)17-15(8-19)25-18(22)12(9-21)16(17)11-6-10(20)4-5-14(11)24-3/h4-6,16H,7-8,22H2,1-3H3. The molecular weight excluding hydrogens is 384 g/mol. The summed E-state index contributed by atoms with van der Waals surface area (Å²) in [5, 5.41) is 9.65. The lowest BCUT2D eigenvalue weighted by atomic mass is 9.70. The van der Waals surface area contributed by atoms with Crippen LogP contribution in [0, 0.1) is 16.7 Å². The van der Waals surface area contributed by atoms with Crippen LogP contribution in [-0.2, 0) is 9.53 Å². The van der Waals surface area contributed by atoms with Gasteiger partial charge in [0.05, 0.1) is 13.0 Å². The summed E-state index contributed by atoms with van der Waals surface area (Å²) in [6.07, 6.45) is 1.00. The van der Waals surface area contributed by atoms with E-state index >= 15 is 0 Å². The zero-order valence-electron chi connectivity index (χ0n) is 14.4. The number of allylic oxidation sites excluding steroid dienone is 3. The number of benzene rings is 1. The van der Waals surface area contributed by atoms with Crippen LogP contribution in [0.4, 0.5) is 0 Å². The third kappa shape index (κ3) is 3.05. The molecule has 1 aromatic carbocycles. The van der Waals surface area contributed by atoms with Crippen molar-refractivity contribution in [3.63, 3.8) is 0 Å². The Morgan fingerprint density at radius 1 is 1.40 bits per heavy atom. The summed E-state index contributed by atoms with van der Waals surface area (Å²) >= 11 is 3.45. The summed E-state index contributed by atoms with van der Waals surface area (Å²) in [5.41, 5.74) is 7.30. The van der Waals surface area contributed by atoms with Crippen molar-refractivity contribution in [3.8, 4) is 11.8 Å². The summed E-state index contributed by atoms with van der Waals surface area (Å²) < 4.78 is 12.0. The molecule has 1 aliphatic carbocycles. The van der Waals surface area contributed by atoms with Crippen LogP contribution >= 0.6 is 15.9 Å². The maximum Gasteiger partial charge on any atom is 0.205 e. The highest BCUT2D eigenvalue weighted by Crippen LogP contribution is 2.49. The Morgan fingerprint density at radius 2 is 2.12 bits per heavy atom. The molecule has 130 valence electrons. The molecule has 0 saturated heterocycles. The molecule has 0 radical (unpaired) electrons. The van der Waals surface area contributed by atoms with Gasteiger partial charge in [0.2, 0.25) is 5.88 Å². The lowest BCUT2D eigenvalue weighted by Crippen LogP contribution is -2.33. The fourth-order valence-electron chi connectivity index (χ4n) is 3.53. The SMILES string of the molecule is COc1ccc(Br)cc1C1C(C#N)=C(N)OC2=C1C(=O)CC(C)(C)C2. The highest BCUT2D eigenvalue weighted by atomic mass is 79.9. The highest BCUT2D eigenvalue weighted by molar-refractivity contribution is 9.10. The lowest BCUT2D eigenvalue weighted by molar-refractivity contribution is -0.119. The average molecular weight is 403 g/mol. The summed E-state index contributed by atoms with van der Waals surface area (Å²) in [6, 6.07) is 7.63. The first-order valence-corrected chi connectivity index (χ1v) is 8.74. The highest BCUT2D eigenvalue weighted by Gasteiger charge is 2.43. The van der Waals surface area contributed by atoms with Crippen molar-refractivity contribution in [3.05, 3.63) is 51.0 Å². The van der Waals surface area contributed by atoms with Crippen molar-refractivity contribution in [2.75, 3.05) is 7.11 Å². The van der Waals surface area contributed by atoms with Gasteiger partial charge < -0.3 is 15.2 Å². The maximum atomic E-state index is 12.9. The third-order valence-electron chi connectivity index (χ3n) is 4.58. The van der Waals surface area contributed by atoms with Gasteiger partial charge in [0.25, 0.3) is 0 Å². The van der Waals surface area contributed by atoms with E-state index in [0.29, 0.717) is 29.9 Å². The van der Waals surface area contributed by atoms with Gasteiger partial charge in [-0.05, 0) is 23.6 Å². The topological polar surface area (TPSA) is 85.3 Å². The zero-order valence-corrected chi connectivity index (χ0v) is 15.9. The first-order valence-electron chi connectivity index (χ1n) is 7.94. The predicted molar refractivity (Wildman–Crippen MR) is 96.4 cm³/mol. The minimum absolute atomic E-state index is 0.0153. The van der Waals surface area contributed by atoms with Crippen LogP contribution in [0.1, 0.15) is 38.2 Å². The molecule has 0 saturated carbocycles. The molecule has 2 N–H and O–H groups in total. The van der Waals surface area contributed by atoms with Crippen LogP contribution in [0.2, 0.25) is 0 Å². The van der Waals surface area contributed by atoms with Gasteiger partial charge in [-0.3, -0.25) is 4.79 Å². The fourth-order valence-corrected chi connectivity index (χ4v) is 3.91. The summed E-state index contributed by atoms with van der Waals surface area (Å²) in [7, 11) is 1.56. The minimum Gasteiger partial charge on any atom is -0.496 e. The lowest BCUT2D eigenvalue weighted by Gasteiger charge is -2.37. The van der Waals surface area contributed by atoms with E-state index in [0.717, 1.165) is 10.0 Å². The zero-order chi connectivity index (χ0) is 18.4. The smallest absolute Gasteiger partial charge is 0.205 e. The van der Waals surface area contributed by atoms with E-state index in [9.17, 15) is 10.1 Å². The number of ketones is 1. The van der Waals surface area contributed by atoms with Crippen LogP contribution < -0.4 is 10.5 Å². The Kier molecular flexibility index (Phi) is 4.38. The molecule has 3 rings (SSSR count). The van der Waals surface area contributed by atoms with Gasteiger partial charge >= 0.3 is 0 Å². The number of hydrogen-bond acceptors (Lipinski definition) is 5. The molecule has 25 heavy (non-hydrogen) atoms. The number of halogens is 1. The Balaban J connectivity index is 2.25. The number of Topliss-reactive ketones (excluding diaryl/α,β-unsaturated/α-hetero) is 1. The van der Waals surface area contributed by atoms with Gasteiger partial charge in [-0.15, -0.1) is 0 Å². The fraction of sp³-hybridized carbons (Fsp3) is 0.368. The molecule has 0 aromatic heterocycles. The van der Waals surface area contributed by atoms with Gasteiger partial charge in [-0.1, -0.05) is 29.8 Å². The molecule has 1 aliphatic heterocycles. The molecule has 1 aromatic rings. The summed E-state index contributed by atoms with van der Waals surface area (Å²) in [4.78, 5) is 12.9. The quantitative estimate of drug-likeness (QED) is 0.810. The number of carbonyl (C=O) groups excluding carboxylic acids is 1. The number of methoxy groups -OCH3 is 1. The number of nitrogens with zero attached hydrogens (tertiary/aromatic N) is 1. The predicted octanol–water partition coefficient (Wildman–Crippen LogP) is 3.91. The van der Waals surface area contributed by atoms with Crippen LogP contribution in [-0.4, -0.2) is 12.9 Å². The molecular formula is C19H19BrN2O3. The molecule has 6 heteroatoms. The largest absolute Gasteiger partial charge is 0.496 e. The van der Waals surface area contributed by atoms with Crippen LogP contribution in [0.25, 0.3) is 0 Å². The van der Waals surface area contributed by atoms with Crippen molar-refractivity contribution in [1.82, 2.24) is 0 Å². The monoisotopic (exact) mass is 402 g/mol. The first-order chi connectivity index (χ1) is 11.8. The second-order valence-electron chi connectivity index (χ2n) is 7.09. The number of rotatable bonds is 2. The Bertz CT molecular complexity index is 862. The average Bonchev–Trinajstić information content (AvgIpc) is 2.52. The van der Waals surface area contributed by atoms with Gasteiger partial charge in [-0.2, -0.15) is 5.26 Å². The molecule has 1 heterocycles. The Labute approximate surface area is 155 Å². The molecule has 0 bridgehead atoms. The molecule has 5 nitrogen and oxygen atoms in total. The van der Waals surface area contributed by atoms with E-state index in [4.69, 9.17) is 15.2 Å². The van der Waals surface area contributed by atoms with E-state index in [1.54, 1.807) is 13.2 Å². The summed E-state index contributed by atoms with van der Waals surface area (Å²) in [6.45, 7) is 4.04. The molecule has 0 amide bonds. The van der Waals surface area contributed by atoms with Gasteiger partial charge in [0.1, 0.15) is 23.2 Å². The molecule has 1 atom stereocenters. The molecule has 0 fully saturated rings. The molecule has 0 spiro atoms. The molecule has 1 unspecified atom stereocenters. The van der Waals surface area contributed by atoms with Crippen LogP contribution in [0.5, 0.6) is 5.75 Å². The summed E-state index contributed by atoms with van der Waals surface area (Å²) in [5.74, 6) is 0.618. The van der Waals surface area contributed by atoms with E-state index in [1.807, 2.05) is 26.0 Å². The maximum absolute atomic E-state index is 12.9. The second kappa shape index (κ2) is 6.23. The van der Waals surface area contributed by atoms with Crippen LogP contribution in [0.15, 0.2) is 45.5 Å². The van der Waals surface area contributed by atoms with Crippen molar-refractivity contribution in [2.45, 2.75) is 32.6 Å². The van der Waals surface area contributed by atoms with Crippen molar-refractivity contribution < 1.29 is 14.3 Å². The normalized spacial score (nSPS) is 22.2. The second-order valence-corrected chi connectivity index (χ2v) is 8.00. The van der Waals surface area contributed by atoms with E-state index in [1.165, 1.54) is 0 Å². The van der Waals surface area contributed by atoms with Gasteiger partial charge in [0.15, 0.2) is 5.78 Å². The van der Waals surface area contributed by atoms with Crippen LogP contribution in [0.3, 0.4) is 0 Å². The van der Waals surface area contributed by atoms with E-state index in [2.05, 4.69) is 22.0 Å². The third-order valence-corrected chi connectivity index (χ3v) is 5.07. The number of nitrogens with two attached hydrogens (primary N) is 1. The number of ether oxygens (including phenoxy) is 2. The van der Waals surface area contributed by atoms with Crippen molar-refractivity contribution in [2.24, 2.45) is 11.1 Å². The number of carbonyl (C=O) groups is 1. The van der Waals surface area contributed by atoms with Gasteiger partial charge in [0, 0.05) is 28.5 Å². The van der Waals surface area contributed by atoms with E-state index in [-0.39, 0.29) is 22.7 Å². The first kappa shape index (κ1) is 17.6. The van der Waals surface area contributed by atoms with E-state index < -0.39 is 5.92 Å². The van der Waals surface area contributed by atoms with Gasteiger partial charge in [-0.25, -0.2) is 0 Å². The van der Waals surface area contributed by atoms with Crippen molar-refractivity contribution in [1.29, 1.82) is 5.26 Å². The minimum atomic E-state index is -0.579. The Hall–Kier alpha value is -2.26. The molecule has 2 aliphatic rings. The Morgan fingerprint density at radius 3 is 2.76 bits per heavy atom. The van der Waals surface area contributed by atoms with Crippen molar-refractivity contribution >= 4 is 21.7 Å². The number of nitriles is 1.